The van der Waals surface area contributed by atoms with E-state index in [-0.39, 0.29) is 27.4 Å². The predicted molar refractivity (Wildman–Crippen MR) is 85.6 cm³/mol. The Hall–Kier alpha value is -0.780. The fraction of sp³-hybridized carbons (Fsp3) is 0.500. The first-order valence-corrected chi connectivity index (χ1v) is 9.32. The molecule has 0 spiro atoms. The Bertz CT molecular complexity index is 644. The standard InChI is InChI=1S/C14H19Cl2NO3S/c1-5-8(2)10(4)17-14(18)12-6-11(15)7-13(9(12)3)21(16,19)20/h6-8,10H,5H2,1-4H3,(H,17,18). The monoisotopic (exact) mass is 351 g/mol. The molecule has 4 nitrogen and oxygen atoms in total. The van der Waals surface area contributed by atoms with Gasteiger partial charge in [-0.2, -0.15) is 0 Å². The van der Waals surface area contributed by atoms with Gasteiger partial charge in [-0.25, -0.2) is 8.42 Å². The van der Waals surface area contributed by atoms with Gasteiger partial charge in [0.25, 0.3) is 15.0 Å². The molecule has 0 saturated carbocycles. The van der Waals surface area contributed by atoms with E-state index in [4.69, 9.17) is 22.3 Å². The summed E-state index contributed by atoms with van der Waals surface area (Å²) in [5, 5.41) is 3.01. The van der Waals surface area contributed by atoms with Crippen molar-refractivity contribution in [2.75, 3.05) is 0 Å². The molecule has 2 atom stereocenters. The Morgan fingerprint density at radius 1 is 1.33 bits per heavy atom. The lowest BCUT2D eigenvalue weighted by molar-refractivity contribution is 0.0927. The number of rotatable bonds is 5. The first kappa shape index (κ1) is 18.3. The van der Waals surface area contributed by atoms with Crippen LogP contribution in [0.5, 0.6) is 0 Å². The molecule has 0 saturated heterocycles. The van der Waals surface area contributed by atoms with Crippen LogP contribution in [0.25, 0.3) is 0 Å². The normalized spacial score (nSPS) is 14.6. The molecule has 1 aromatic carbocycles. The number of carbonyl (C=O) groups excluding carboxylic acids is 1. The van der Waals surface area contributed by atoms with E-state index in [1.165, 1.54) is 19.1 Å². The zero-order valence-electron chi connectivity index (χ0n) is 12.4. The Labute approximate surface area is 135 Å². The van der Waals surface area contributed by atoms with Crippen LogP contribution in [0.15, 0.2) is 17.0 Å². The van der Waals surface area contributed by atoms with Crippen LogP contribution < -0.4 is 5.32 Å². The first-order chi connectivity index (χ1) is 9.57. The zero-order valence-corrected chi connectivity index (χ0v) is 14.7. The summed E-state index contributed by atoms with van der Waals surface area (Å²) in [5.41, 5.74) is 0.514. The van der Waals surface area contributed by atoms with Crippen molar-refractivity contribution in [1.29, 1.82) is 0 Å². The van der Waals surface area contributed by atoms with Gasteiger partial charge < -0.3 is 5.32 Å². The Morgan fingerprint density at radius 3 is 2.38 bits per heavy atom. The minimum Gasteiger partial charge on any atom is -0.349 e. The van der Waals surface area contributed by atoms with Crippen LogP contribution in [0.1, 0.15) is 43.1 Å². The van der Waals surface area contributed by atoms with Crippen molar-refractivity contribution in [3.8, 4) is 0 Å². The van der Waals surface area contributed by atoms with Gasteiger partial charge in [0.2, 0.25) is 0 Å². The van der Waals surface area contributed by atoms with Gasteiger partial charge in [0.15, 0.2) is 0 Å². The molecular formula is C14H19Cl2NO3S. The molecule has 0 fully saturated rings. The topological polar surface area (TPSA) is 63.2 Å². The number of benzene rings is 1. The Morgan fingerprint density at radius 2 is 1.90 bits per heavy atom. The van der Waals surface area contributed by atoms with Gasteiger partial charge in [-0.3, -0.25) is 4.79 Å². The van der Waals surface area contributed by atoms with E-state index in [0.717, 1.165) is 6.42 Å². The molecule has 1 rings (SSSR count). The summed E-state index contributed by atoms with van der Waals surface area (Å²) in [7, 11) is 1.42. The smallest absolute Gasteiger partial charge is 0.261 e. The maximum absolute atomic E-state index is 12.3. The van der Waals surface area contributed by atoms with Crippen LogP contribution in [-0.4, -0.2) is 20.4 Å². The van der Waals surface area contributed by atoms with Gasteiger partial charge in [0.05, 0.1) is 4.90 Å². The second kappa shape index (κ2) is 6.99. The third-order valence-corrected chi connectivity index (χ3v) is 5.35. The van der Waals surface area contributed by atoms with Crippen LogP contribution in [0.2, 0.25) is 5.02 Å². The second-order valence-electron chi connectivity index (χ2n) is 5.16. The third kappa shape index (κ3) is 4.59. The Kier molecular flexibility index (Phi) is 6.08. The number of hydrogen-bond donors (Lipinski definition) is 1. The highest BCUT2D eigenvalue weighted by atomic mass is 35.7. The van der Waals surface area contributed by atoms with E-state index in [2.05, 4.69) is 5.32 Å². The Balaban J connectivity index is 3.20. The maximum atomic E-state index is 12.3. The molecule has 0 bridgehead atoms. The molecule has 0 aromatic heterocycles. The van der Waals surface area contributed by atoms with Crippen LogP contribution in [0.4, 0.5) is 0 Å². The van der Waals surface area contributed by atoms with Crippen LogP contribution in [0, 0.1) is 12.8 Å². The number of nitrogens with one attached hydrogen (secondary N) is 1. The highest BCUT2D eigenvalue weighted by Gasteiger charge is 2.22. The SMILES string of the molecule is CCC(C)C(C)NC(=O)c1cc(Cl)cc(S(=O)(=O)Cl)c1C. The molecule has 1 aromatic rings. The molecule has 21 heavy (non-hydrogen) atoms. The summed E-state index contributed by atoms with van der Waals surface area (Å²) in [6.07, 6.45) is 0.928. The lowest BCUT2D eigenvalue weighted by Gasteiger charge is -2.20. The quantitative estimate of drug-likeness (QED) is 0.821. The van der Waals surface area contributed by atoms with Gasteiger partial charge in [0.1, 0.15) is 0 Å². The summed E-state index contributed by atoms with van der Waals surface area (Å²) in [5.74, 6) is -0.0472. The summed E-state index contributed by atoms with van der Waals surface area (Å²) in [6, 6.07) is 2.66. The molecule has 0 radical (unpaired) electrons. The molecule has 7 heteroatoms. The van der Waals surface area contributed by atoms with E-state index in [1.54, 1.807) is 0 Å². The van der Waals surface area contributed by atoms with Crippen molar-refractivity contribution in [2.45, 2.75) is 45.1 Å². The largest absolute Gasteiger partial charge is 0.349 e. The maximum Gasteiger partial charge on any atom is 0.261 e. The minimum absolute atomic E-state index is 0.0306. The van der Waals surface area contributed by atoms with E-state index in [0.29, 0.717) is 11.5 Å². The summed E-state index contributed by atoms with van der Waals surface area (Å²) < 4.78 is 23.1. The van der Waals surface area contributed by atoms with Crippen LogP contribution >= 0.6 is 22.3 Å². The third-order valence-electron chi connectivity index (χ3n) is 3.69. The van der Waals surface area contributed by atoms with Crippen molar-refractivity contribution < 1.29 is 13.2 Å². The van der Waals surface area contributed by atoms with Crippen LogP contribution in [0.3, 0.4) is 0 Å². The van der Waals surface area contributed by atoms with Crippen molar-refractivity contribution in [3.63, 3.8) is 0 Å². The predicted octanol–water partition coefficient (Wildman–Crippen LogP) is 3.74. The van der Waals surface area contributed by atoms with Gasteiger partial charge in [0, 0.05) is 27.3 Å². The summed E-state index contributed by atoms with van der Waals surface area (Å²) >= 11 is 5.90. The molecule has 0 aliphatic carbocycles. The summed E-state index contributed by atoms with van der Waals surface area (Å²) in [6.45, 7) is 7.51. The molecule has 0 heterocycles. The summed E-state index contributed by atoms with van der Waals surface area (Å²) in [4.78, 5) is 12.2. The van der Waals surface area contributed by atoms with Gasteiger partial charge >= 0.3 is 0 Å². The van der Waals surface area contributed by atoms with Crippen molar-refractivity contribution in [3.05, 3.63) is 28.3 Å². The van der Waals surface area contributed by atoms with Gasteiger partial charge in [-0.15, -0.1) is 0 Å². The number of carbonyl (C=O) groups is 1. The zero-order chi connectivity index (χ0) is 16.4. The van der Waals surface area contributed by atoms with Gasteiger partial charge in [-0.05, 0) is 37.5 Å². The highest BCUT2D eigenvalue weighted by Crippen LogP contribution is 2.27. The molecular weight excluding hydrogens is 333 g/mol. The fourth-order valence-electron chi connectivity index (χ4n) is 1.92. The van der Waals surface area contributed by atoms with E-state index in [9.17, 15) is 13.2 Å². The van der Waals surface area contributed by atoms with E-state index >= 15 is 0 Å². The molecule has 1 N–H and O–H groups in total. The molecule has 118 valence electrons. The molecule has 0 aliphatic heterocycles. The van der Waals surface area contributed by atoms with Crippen molar-refractivity contribution >= 4 is 37.2 Å². The fourth-order valence-corrected chi connectivity index (χ4v) is 3.43. The number of amides is 1. The number of halogens is 2. The van der Waals surface area contributed by atoms with E-state index in [1.807, 2.05) is 20.8 Å². The lowest BCUT2D eigenvalue weighted by atomic mass is 10.00. The molecule has 1 amide bonds. The number of hydrogen-bond acceptors (Lipinski definition) is 3. The minimum atomic E-state index is -3.95. The van der Waals surface area contributed by atoms with Crippen molar-refractivity contribution in [1.82, 2.24) is 5.32 Å². The van der Waals surface area contributed by atoms with Crippen LogP contribution in [-0.2, 0) is 9.05 Å². The van der Waals surface area contributed by atoms with Crippen molar-refractivity contribution in [2.24, 2.45) is 5.92 Å². The average molecular weight is 352 g/mol. The first-order valence-electron chi connectivity index (χ1n) is 6.63. The molecule has 2 unspecified atom stereocenters. The average Bonchev–Trinajstić information content (AvgIpc) is 2.38. The van der Waals surface area contributed by atoms with Gasteiger partial charge in [-0.1, -0.05) is 31.9 Å². The molecule has 0 aliphatic rings. The van der Waals surface area contributed by atoms with E-state index < -0.39 is 9.05 Å². The second-order valence-corrected chi connectivity index (χ2v) is 8.13. The lowest BCUT2D eigenvalue weighted by Crippen LogP contribution is -2.37. The highest BCUT2D eigenvalue weighted by molar-refractivity contribution is 8.13.